The summed E-state index contributed by atoms with van der Waals surface area (Å²) in [5.74, 6) is 0.986. The monoisotopic (exact) mass is 237 g/mol. The number of halogens is 1. The van der Waals surface area contributed by atoms with Gasteiger partial charge in [-0.3, -0.25) is 0 Å². The van der Waals surface area contributed by atoms with Gasteiger partial charge in [-0.05, 0) is 24.8 Å². The first-order valence-corrected chi connectivity index (χ1v) is 6.41. The second kappa shape index (κ2) is 6.01. The molecule has 1 aliphatic carbocycles. The highest BCUT2D eigenvalue weighted by atomic mass is 19.1. The van der Waals surface area contributed by atoms with Gasteiger partial charge in [-0.25, -0.2) is 4.39 Å². The van der Waals surface area contributed by atoms with Gasteiger partial charge in [0, 0.05) is 18.2 Å². The average molecular weight is 237 g/mol. The largest absolute Gasteiger partial charge is 0.493 e. The van der Waals surface area contributed by atoms with Crippen molar-refractivity contribution in [2.45, 2.75) is 38.6 Å². The Bertz CT molecular complexity index is 361. The van der Waals surface area contributed by atoms with E-state index in [1.807, 2.05) is 0 Å². The molecule has 0 atom stereocenters. The minimum absolute atomic E-state index is 0.231. The lowest BCUT2D eigenvalue weighted by molar-refractivity contribution is 0.208. The van der Waals surface area contributed by atoms with Crippen molar-refractivity contribution in [3.8, 4) is 5.75 Å². The van der Waals surface area contributed by atoms with Crippen molar-refractivity contribution >= 4 is 0 Å². The average Bonchev–Trinajstić information content (AvgIpc) is 2.38. The number of hydrogen-bond donors (Lipinski definition) is 1. The van der Waals surface area contributed by atoms with E-state index in [1.165, 1.54) is 38.2 Å². The third kappa shape index (κ3) is 3.43. The van der Waals surface area contributed by atoms with Crippen LogP contribution in [0.5, 0.6) is 5.75 Å². The van der Waals surface area contributed by atoms with Gasteiger partial charge in [-0.15, -0.1) is 0 Å². The molecule has 2 nitrogen and oxygen atoms in total. The van der Waals surface area contributed by atoms with Crippen LogP contribution in [0.15, 0.2) is 18.2 Å². The molecular formula is C14H20FNO. The van der Waals surface area contributed by atoms with E-state index in [-0.39, 0.29) is 12.4 Å². The maximum atomic E-state index is 13.5. The molecule has 0 saturated heterocycles. The molecule has 0 spiro atoms. The van der Waals surface area contributed by atoms with Gasteiger partial charge in [-0.1, -0.05) is 25.3 Å². The van der Waals surface area contributed by atoms with Crippen LogP contribution in [-0.4, -0.2) is 6.61 Å². The normalized spacial score (nSPS) is 17.1. The second-order valence-corrected chi connectivity index (χ2v) is 4.77. The zero-order valence-electron chi connectivity index (χ0n) is 10.1. The van der Waals surface area contributed by atoms with Gasteiger partial charge in [-0.2, -0.15) is 0 Å². The fourth-order valence-electron chi connectivity index (χ4n) is 2.35. The molecule has 2 rings (SSSR count). The van der Waals surface area contributed by atoms with E-state index in [2.05, 4.69) is 0 Å². The lowest BCUT2D eigenvalue weighted by Crippen LogP contribution is -2.15. The zero-order chi connectivity index (χ0) is 12.1. The molecule has 1 saturated carbocycles. The lowest BCUT2D eigenvalue weighted by atomic mass is 9.90. The summed E-state index contributed by atoms with van der Waals surface area (Å²) in [6.07, 6.45) is 6.42. The summed E-state index contributed by atoms with van der Waals surface area (Å²) in [6, 6.07) is 4.94. The van der Waals surface area contributed by atoms with E-state index in [0.717, 1.165) is 0 Å². The summed E-state index contributed by atoms with van der Waals surface area (Å²) in [5.41, 5.74) is 5.95. The van der Waals surface area contributed by atoms with E-state index in [9.17, 15) is 4.39 Å². The quantitative estimate of drug-likeness (QED) is 0.872. The van der Waals surface area contributed by atoms with Crippen molar-refractivity contribution < 1.29 is 9.13 Å². The molecule has 1 fully saturated rings. The lowest BCUT2D eigenvalue weighted by Gasteiger charge is -2.21. The molecule has 0 amide bonds. The molecule has 0 aromatic heterocycles. The van der Waals surface area contributed by atoms with Crippen molar-refractivity contribution in [3.63, 3.8) is 0 Å². The Morgan fingerprint density at radius 3 is 2.65 bits per heavy atom. The van der Waals surface area contributed by atoms with Crippen molar-refractivity contribution in [1.82, 2.24) is 0 Å². The van der Waals surface area contributed by atoms with E-state index in [4.69, 9.17) is 10.5 Å². The molecule has 1 aromatic rings. The molecule has 1 aromatic carbocycles. The van der Waals surface area contributed by atoms with E-state index in [0.29, 0.717) is 23.8 Å². The molecule has 1 aliphatic rings. The van der Waals surface area contributed by atoms with E-state index < -0.39 is 0 Å². The van der Waals surface area contributed by atoms with Crippen LogP contribution in [0.1, 0.15) is 37.7 Å². The zero-order valence-corrected chi connectivity index (χ0v) is 10.1. The predicted octanol–water partition coefficient (Wildman–Crippen LogP) is 3.24. The number of rotatable bonds is 4. The van der Waals surface area contributed by atoms with Crippen LogP contribution in [-0.2, 0) is 6.54 Å². The summed E-state index contributed by atoms with van der Waals surface area (Å²) < 4.78 is 19.1. The third-order valence-corrected chi connectivity index (χ3v) is 3.45. The summed E-state index contributed by atoms with van der Waals surface area (Å²) in [4.78, 5) is 0. The number of hydrogen-bond acceptors (Lipinski definition) is 2. The van der Waals surface area contributed by atoms with E-state index in [1.54, 1.807) is 12.1 Å². The highest BCUT2D eigenvalue weighted by Crippen LogP contribution is 2.25. The van der Waals surface area contributed by atoms with Crippen molar-refractivity contribution in [2.75, 3.05) is 6.61 Å². The summed E-state index contributed by atoms with van der Waals surface area (Å²) >= 11 is 0. The number of nitrogens with two attached hydrogens (primary N) is 1. The predicted molar refractivity (Wildman–Crippen MR) is 66.4 cm³/mol. The SMILES string of the molecule is NCc1ccc(OCC2CCCCC2)cc1F. The minimum Gasteiger partial charge on any atom is -0.493 e. The first kappa shape index (κ1) is 12.4. The van der Waals surface area contributed by atoms with Gasteiger partial charge in [0.15, 0.2) is 0 Å². The van der Waals surface area contributed by atoms with Gasteiger partial charge in [0.1, 0.15) is 11.6 Å². The van der Waals surface area contributed by atoms with Crippen LogP contribution in [0, 0.1) is 11.7 Å². The number of benzene rings is 1. The highest BCUT2D eigenvalue weighted by Gasteiger charge is 2.14. The van der Waals surface area contributed by atoms with Gasteiger partial charge >= 0.3 is 0 Å². The molecule has 17 heavy (non-hydrogen) atoms. The van der Waals surface area contributed by atoms with Crippen LogP contribution >= 0.6 is 0 Å². The Kier molecular flexibility index (Phi) is 4.37. The van der Waals surface area contributed by atoms with Gasteiger partial charge in [0.2, 0.25) is 0 Å². The molecule has 0 aliphatic heterocycles. The van der Waals surface area contributed by atoms with Gasteiger partial charge in [0.05, 0.1) is 6.61 Å². The molecule has 0 unspecified atom stereocenters. The van der Waals surface area contributed by atoms with Crippen LogP contribution in [0.25, 0.3) is 0 Å². The Balaban J connectivity index is 1.87. The molecular weight excluding hydrogens is 217 g/mol. The Hall–Kier alpha value is -1.09. The minimum atomic E-state index is -0.270. The molecule has 0 heterocycles. The van der Waals surface area contributed by atoms with Crippen LogP contribution < -0.4 is 10.5 Å². The van der Waals surface area contributed by atoms with E-state index >= 15 is 0 Å². The van der Waals surface area contributed by atoms with Crippen LogP contribution in [0.4, 0.5) is 4.39 Å². The maximum Gasteiger partial charge on any atom is 0.131 e. The molecule has 0 bridgehead atoms. The molecule has 3 heteroatoms. The smallest absolute Gasteiger partial charge is 0.131 e. The Morgan fingerprint density at radius 1 is 1.24 bits per heavy atom. The first-order valence-electron chi connectivity index (χ1n) is 6.41. The standard InChI is InChI=1S/C14H20FNO/c15-14-8-13(7-6-12(14)9-16)17-10-11-4-2-1-3-5-11/h6-8,11H,1-5,9-10,16H2. The van der Waals surface area contributed by atoms with Crippen LogP contribution in [0.2, 0.25) is 0 Å². The van der Waals surface area contributed by atoms with Gasteiger partial charge in [0.25, 0.3) is 0 Å². The maximum absolute atomic E-state index is 13.5. The topological polar surface area (TPSA) is 35.2 Å². The summed E-state index contributed by atoms with van der Waals surface area (Å²) in [5, 5.41) is 0. The van der Waals surface area contributed by atoms with Crippen molar-refractivity contribution in [2.24, 2.45) is 11.7 Å². The van der Waals surface area contributed by atoms with Gasteiger partial charge < -0.3 is 10.5 Å². The van der Waals surface area contributed by atoms with Crippen molar-refractivity contribution in [3.05, 3.63) is 29.6 Å². The summed E-state index contributed by atoms with van der Waals surface area (Å²) in [7, 11) is 0. The molecule has 94 valence electrons. The van der Waals surface area contributed by atoms with Crippen molar-refractivity contribution in [1.29, 1.82) is 0 Å². The Labute approximate surface area is 102 Å². The Morgan fingerprint density at radius 2 is 2.00 bits per heavy atom. The highest BCUT2D eigenvalue weighted by molar-refractivity contribution is 5.28. The second-order valence-electron chi connectivity index (χ2n) is 4.77. The molecule has 0 radical (unpaired) electrons. The summed E-state index contributed by atoms with van der Waals surface area (Å²) in [6.45, 7) is 0.941. The number of ether oxygens (including phenoxy) is 1. The third-order valence-electron chi connectivity index (χ3n) is 3.45. The fraction of sp³-hybridized carbons (Fsp3) is 0.571. The molecule has 2 N–H and O–H groups in total. The fourth-order valence-corrected chi connectivity index (χ4v) is 2.35. The van der Waals surface area contributed by atoms with Crippen LogP contribution in [0.3, 0.4) is 0 Å². The first-order chi connectivity index (χ1) is 8.29.